The summed E-state index contributed by atoms with van der Waals surface area (Å²) in [5.41, 5.74) is 6.10. The van der Waals surface area contributed by atoms with Crippen LogP contribution in [0.3, 0.4) is 0 Å². The van der Waals surface area contributed by atoms with Gasteiger partial charge in [-0.05, 0) is 44.0 Å². The molecule has 0 saturated heterocycles. The van der Waals surface area contributed by atoms with Crippen molar-refractivity contribution in [1.29, 1.82) is 0 Å². The number of nitrogen functional groups attached to an aromatic ring is 1. The van der Waals surface area contributed by atoms with Gasteiger partial charge in [-0.3, -0.25) is 0 Å². The van der Waals surface area contributed by atoms with Crippen LogP contribution in [0.25, 0.3) is 0 Å². The average molecular weight is 384 g/mol. The molecule has 2 N–H and O–H groups in total. The lowest BCUT2D eigenvalue weighted by Gasteiger charge is -2.17. The van der Waals surface area contributed by atoms with E-state index < -0.39 is 10.0 Å². The monoisotopic (exact) mass is 382 g/mol. The van der Waals surface area contributed by atoms with E-state index in [1.165, 1.54) is 17.4 Å². The third-order valence-electron chi connectivity index (χ3n) is 2.08. The van der Waals surface area contributed by atoms with Gasteiger partial charge in [-0.2, -0.15) is 4.31 Å². The van der Waals surface area contributed by atoms with E-state index in [9.17, 15) is 8.42 Å². The number of rotatable bonds is 4. The lowest BCUT2D eigenvalue weighted by atomic mass is 10.3. The maximum absolute atomic E-state index is 12.3. The fourth-order valence-electron chi connectivity index (χ4n) is 1.26. The zero-order chi connectivity index (χ0) is 13.2. The molecule has 4 nitrogen and oxygen atoms in total. The molecule has 0 atom stereocenters. The summed E-state index contributed by atoms with van der Waals surface area (Å²) < 4.78 is 26.6. The predicted molar refractivity (Wildman–Crippen MR) is 76.3 cm³/mol. The molecule has 0 unspecified atom stereocenters. The Kier molecular flexibility index (Phi) is 4.77. The summed E-state index contributed by atoms with van der Waals surface area (Å²) in [5.74, 6) is 0. The van der Waals surface area contributed by atoms with Gasteiger partial charge in [0.05, 0.1) is 0 Å². The zero-order valence-electron chi connectivity index (χ0n) is 9.15. The van der Waals surface area contributed by atoms with Crippen molar-refractivity contribution < 1.29 is 8.42 Å². The summed E-state index contributed by atoms with van der Waals surface area (Å²) >= 11 is 6.42. The van der Waals surface area contributed by atoms with Gasteiger partial charge in [0.15, 0.2) is 0 Å². The molecule has 0 radical (unpaired) electrons. The molecule has 0 aliphatic heterocycles. The topological polar surface area (TPSA) is 63.4 Å². The number of likely N-dealkylation sites (N-methyl/N-ethyl adjacent to an activating group) is 1. The van der Waals surface area contributed by atoms with E-state index in [0.29, 0.717) is 14.6 Å². The highest BCUT2D eigenvalue weighted by Gasteiger charge is 2.25. The molecule has 0 fully saturated rings. The molecular weight excluding hydrogens is 372 g/mol. The second kappa shape index (κ2) is 5.51. The number of nitrogens with zero attached hydrogens (tertiary/aromatic N) is 1. The van der Waals surface area contributed by atoms with Gasteiger partial charge in [0.25, 0.3) is 0 Å². The van der Waals surface area contributed by atoms with Gasteiger partial charge in [-0.25, -0.2) is 8.42 Å². The summed E-state index contributed by atoms with van der Waals surface area (Å²) in [6.07, 6.45) is 1.52. The van der Waals surface area contributed by atoms with Crippen LogP contribution in [0.2, 0.25) is 0 Å². The highest BCUT2D eigenvalue weighted by Crippen LogP contribution is 2.33. The molecule has 7 heteroatoms. The molecule has 1 aromatic rings. The highest BCUT2D eigenvalue weighted by atomic mass is 79.9. The Hall–Kier alpha value is -0.370. The van der Waals surface area contributed by atoms with Crippen molar-refractivity contribution in [3.63, 3.8) is 0 Å². The van der Waals surface area contributed by atoms with Crippen molar-refractivity contribution in [2.24, 2.45) is 0 Å². The SMILES string of the molecule is C=CCN(C)S(=O)(=O)c1c(Br)cc(N)cc1Br. The normalized spacial score (nSPS) is 11.8. The van der Waals surface area contributed by atoms with Crippen LogP contribution in [0.1, 0.15) is 0 Å². The molecule has 0 aliphatic carbocycles. The van der Waals surface area contributed by atoms with E-state index in [2.05, 4.69) is 38.4 Å². The Morgan fingerprint density at radius 1 is 1.41 bits per heavy atom. The van der Waals surface area contributed by atoms with Crippen LogP contribution in [0.5, 0.6) is 0 Å². The third kappa shape index (κ3) is 3.09. The number of halogens is 2. The number of hydrogen-bond acceptors (Lipinski definition) is 3. The summed E-state index contributed by atoms with van der Waals surface area (Å²) in [4.78, 5) is 0.163. The van der Waals surface area contributed by atoms with Crippen LogP contribution in [-0.2, 0) is 10.0 Å². The summed E-state index contributed by atoms with van der Waals surface area (Å²) in [7, 11) is -2.07. The van der Waals surface area contributed by atoms with E-state index in [0.717, 1.165) is 0 Å². The summed E-state index contributed by atoms with van der Waals surface area (Å²) in [5, 5.41) is 0. The van der Waals surface area contributed by atoms with Gasteiger partial charge < -0.3 is 5.73 Å². The van der Waals surface area contributed by atoms with Gasteiger partial charge >= 0.3 is 0 Å². The minimum Gasteiger partial charge on any atom is -0.399 e. The smallest absolute Gasteiger partial charge is 0.245 e. The Labute approximate surface area is 118 Å². The molecule has 0 heterocycles. The first-order valence-corrected chi connectivity index (χ1v) is 7.65. The number of nitrogens with two attached hydrogens (primary N) is 1. The molecule has 0 aromatic heterocycles. The molecular formula is C10H12Br2N2O2S. The van der Waals surface area contributed by atoms with Crippen molar-refractivity contribution in [3.05, 3.63) is 33.7 Å². The molecule has 0 saturated carbocycles. The van der Waals surface area contributed by atoms with Crippen molar-refractivity contribution in [2.45, 2.75) is 4.90 Å². The quantitative estimate of drug-likeness (QED) is 0.642. The Bertz CT molecular complexity index is 520. The fourth-order valence-corrected chi connectivity index (χ4v) is 4.93. The van der Waals surface area contributed by atoms with E-state index in [-0.39, 0.29) is 11.4 Å². The van der Waals surface area contributed by atoms with Crippen LogP contribution in [0.15, 0.2) is 38.6 Å². The molecule has 0 aliphatic rings. The maximum Gasteiger partial charge on any atom is 0.245 e. The maximum atomic E-state index is 12.3. The van der Waals surface area contributed by atoms with Gasteiger partial charge in [0.2, 0.25) is 10.0 Å². The van der Waals surface area contributed by atoms with Gasteiger partial charge in [-0.15, -0.1) is 6.58 Å². The first kappa shape index (κ1) is 14.7. The first-order valence-electron chi connectivity index (χ1n) is 4.62. The molecule has 0 amide bonds. The molecule has 0 bridgehead atoms. The minimum absolute atomic E-state index is 0.163. The standard InChI is InChI=1S/C10H12Br2N2O2S/c1-3-4-14(2)17(15,16)10-8(11)5-7(13)6-9(10)12/h3,5-6H,1,4,13H2,2H3. The van der Waals surface area contributed by atoms with Crippen LogP contribution in [0, 0.1) is 0 Å². The van der Waals surface area contributed by atoms with E-state index in [4.69, 9.17) is 5.73 Å². The van der Waals surface area contributed by atoms with Gasteiger partial charge in [0.1, 0.15) is 4.90 Å². The van der Waals surface area contributed by atoms with E-state index >= 15 is 0 Å². The second-order valence-electron chi connectivity index (χ2n) is 3.39. The largest absolute Gasteiger partial charge is 0.399 e. The fraction of sp³-hybridized carbons (Fsp3) is 0.200. The molecule has 17 heavy (non-hydrogen) atoms. The zero-order valence-corrected chi connectivity index (χ0v) is 13.1. The number of anilines is 1. The Morgan fingerprint density at radius 2 is 1.88 bits per heavy atom. The first-order chi connectivity index (χ1) is 7.80. The summed E-state index contributed by atoms with van der Waals surface area (Å²) in [6.45, 7) is 3.76. The van der Waals surface area contributed by atoms with E-state index in [1.807, 2.05) is 0 Å². The second-order valence-corrected chi connectivity index (χ2v) is 7.08. The van der Waals surface area contributed by atoms with E-state index in [1.54, 1.807) is 12.1 Å². The Morgan fingerprint density at radius 3 is 2.29 bits per heavy atom. The number of hydrogen-bond donors (Lipinski definition) is 1. The van der Waals surface area contributed by atoms with Crippen molar-refractivity contribution in [1.82, 2.24) is 4.31 Å². The highest BCUT2D eigenvalue weighted by molar-refractivity contribution is 9.11. The van der Waals surface area contributed by atoms with Crippen LogP contribution < -0.4 is 5.73 Å². The third-order valence-corrected chi connectivity index (χ3v) is 5.78. The van der Waals surface area contributed by atoms with Gasteiger partial charge in [-0.1, -0.05) is 6.08 Å². The van der Waals surface area contributed by atoms with Gasteiger partial charge in [0, 0.05) is 28.2 Å². The Balaban J connectivity index is 3.39. The van der Waals surface area contributed by atoms with Crippen LogP contribution in [-0.4, -0.2) is 26.3 Å². The molecule has 1 aromatic carbocycles. The number of benzene rings is 1. The predicted octanol–water partition coefficient (Wildman–Crippen LogP) is 2.60. The van der Waals surface area contributed by atoms with Crippen molar-refractivity contribution in [2.75, 3.05) is 19.3 Å². The average Bonchev–Trinajstić information content (AvgIpc) is 2.15. The van der Waals surface area contributed by atoms with Crippen molar-refractivity contribution >= 4 is 47.6 Å². The molecule has 94 valence electrons. The van der Waals surface area contributed by atoms with Crippen molar-refractivity contribution in [3.8, 4) is 0 Å². The minimum atomic E-state index is -3.57. The lowest BCUT2D eigenvalue weighted by Crippen LogP contribution is -2.27. The van der Waals surface area contributed by atoms with Crippen LogP contribution in [0.4, 0.5) is 5.69 Å². The number of sulfonamides is 1. The lowest BCUT2D eigenvalue weighted by molar-refractivity contribution is 0.498. The molecule has 1 rings (SSSR count). The summed E-state index contributed by atoms with van der Waals surface area (Å²) in [6, 6.07) is 3.11. The van der Waals surface area contributed by atoms with Crippen LogP contribution >= 0.6 is 31.9 Å². The molecule has 0 spiro atoms.